The van der Waals surface area contributed by atoms with Crippen molar-refractivity contribution in [3.63, 3.8) is 0 Å². The van der Waals surface area contributed by atoms with Crippen LogP contribution in [0.15, 0.2) is 48.5 Å². The minimum atomic E-state index is -0.401. The zero-order chi connectivity index (χ0) is 19.1. The zero-order valence-corrected chi connectivity index (χ0v) is 15.5. The van der Waals surface area contributed by atoms with Crippen molar-refractivity contribution in [2.45, 2.75) is 26.2 Å². The van der Waals surface area contributed by atoms with E-state index in [1.807, 2.05) is 47.4 Å². The standard InChI is InChI=1S/C21H25N3O3/c1-2-16-9-11-18(12-10-16)27-15-21(26)23-22-20(25)14-24-13-5-7-17-6-3-4-8-19(17)24/h3-4,6,8-12H,2,5,7,13-15H2,1H3,(H,22,25)(H,23,26). The number of fused-ring (bicyclic) bond motifs is 1. The third-order valence-corrected chi connectivity index (χ3v) is 4.58. The molecular weight excluding hydrogens is 342 g/mol. The summed E-state index contributed by atoms with van der Waals surface area (Å²) in [7, 11) is 0. The van der Waals surface area contributed by atoms with Crippen molar-refractivity contribution in [3.8, 4) is 5.75 Å². The molecule has 1 aliphatic rings. The second kappa shape index (κ2) is 9.07. The van der Waals surface area contributed by atoms with Gasteiger partial charge < -0.3 is 9.64 Å². The number of anilines is 1. The highest BCUT2D eigenvalue weighted by Gasteiger charge is 2.18. The summed E-state index contributed by atoms with van der Waals surface area (Å²) in [5.74, 6) is -0.0343. The average molecular weight is 367 g/mol. The molecule has 0 spiro atoms. The van der Waals surface area contributed by atoms with E-state index in [4.69, 9.17) is 4.74 Å². The molecule has 0 bridgehead atoms. The Morgan fingerprint density at radius 3 is 2.56 bits per heavy atom. The SMILES string of the molecule is CCc1ccc(OCC(=O)NNC(=O)CN2CCCc3ccccc32)cc1. The zero-order valence-electron chi connectivity index (χ0n) is 15.5. The van der Waals surface area contributed by atoms with Gasteiger partial charge in [-0.1, -0.05) is 37.3 Å². The Hall–Kier alpha value is -3.02. The smallest absolute Gasteiger partial charge is 0.276 e. The van der Waals surface area contributed by atoms with Gasteiger partial charge in [0.2, 0.25) is 0 Å². The Kier molecular flexibility index (Phi) is 6.30. The Bertz CT molecular complexity index is 790. The molecule has 142 valence electrons. The monoisotopic (exact) mass is 367 g/mol. The molecule has 2 aromatic rings. The van der Waals surface area contributed by atoms with Gasteiger partial charge in [0.1, 0.15) is 5.75 Å². The van der Waals surface area contributed by atoms with Crippen LogP contribution in [0, 0.1) is 0 Å². The number of amides is 2. The van der Waals surface area contributed by atoms with Crippen molar-refractivity contribution in [1.29, 1.82) is 0 Å². The number of nitrogens with one attached hydrogen (secondary N) is 2. The third kappa shape index (κ3) is 5.23. The van der Waals surface area contributed by atoms with Crippen LogP contribution >= 0.6 is 0 Å². The number of benzene rings is 2. The van der Waals surface area contributed by atoms with E-state index in [-0.39, 0.29) is 19.1 Å². The van der Waals surface area contributed by atoms with Crippen molar-refractivity contribution in [1.82, 2.24) is 10.9 Å². The van der Waals surface area contributed by atoms with Gasteiger partial charge in [-0.15, -0.1) is 0 Å². The first-order valence-electron chi connectivity index (χ1n) is 9.28. The van der Waals surface area contributed by atoms with E-state index in [0.29, 0.717) is 5.75 Å². The lowest BCUT2D eigenvalue weighted by atomic mass is 10.0. The van der Waals surface area contributed by atoms with Crippen LogP contribution in [0.2, 0.25) is 0 Å². The van der Waals surface area contributed by atoms with Crippen molar-refractivity contribution in [2.75, 3.05) is 24.6 Å². The number of ether oxygens (including phenoxy) is 1. The van der Waals surface area contributed by atoms with Crippen LogP contribution in [-0.4, -0.2) is 31.5 Å². The topological polar surface area (TPSA) is 70.7 Å². The van der Waals surface area contributed by atoms with Crippen LogP contribution in [0.4, 0.5) is 5.69 Å². The van der Waals surface area contributed by atoms with E-state index in [1.54, 1.807) is 0 Å². The molecular formula is C21H25N3O3. The van der Waals surface area contributed by atoms with Gasteiger partial charge in [0.15, 0.2) is 6.61 Å². The van der Waals surface area contributed by atoms with Crippen LogP contribution in [0.25, 0.3) is 0 Å². The minimum Gasteiger partial charge on any atom is -0.484 e. The summed E-state index contributed by atoms with van der Waals surface area (Å²) in [4.78, 5) is 26.1. The molecule has 0 atom stereocenters. The lowest BCUT2D eigenvalue weighted by Gasteiger charge is -2.30. The molecule has 0 radical (unpaired) electrons. The Labute approximate surface area is 159 Å². The quantitative estimate of drug-likeness (QED) is 0.768. The number of aryl methyl sites for hydroxylation is 2. The lowest BCUT2D eigenvalue weighted by molar-refractivity contribution is -0.129. The number of nitrogens with zero attached hydrogens (tertiary/aromatic N) is 1. The largest absolute Gasteiger partial charge is 0.484 e. The molecule has 2 aromatic carbocycles. The van der Waals surface area contributed by atoms with E-state index < -0.39 is 5.91 Å². The summed E-state index contributed by atoms with van der Waals surface area (Å²) >= 11 is 0. The van der Waals surface area contributed by atoms with Crippen LogP contribution < -0.4 is 20.5 Å². The van der Waals surface area contributed by atoms with Crippen LogP contribution in [-0.2, 0) is 22.4 Å². The fraction of sp³-hybridized carbons (Fsp3) is 0.333. The number of carbonyl (C=O) groups excluding carboxylic acids is 2. The molecule has 1 aliphatic heterocycles. The van der Waals surface area contributed by atoms with Crippen molar-refractivity contribution >= 4 is 17.5 Å². The second-order valence-electron chi connectivity index (χ2n) is 6.54. The van der Waals surface area contributed by atoms with Crippen LogP contribution in [0.3, 0.4) is 0 Å². The molecule has 0 saturated heterocycles. The first-order chi connectivity index (χ1) is 13.2. The maximum atomic E-state index is 12.2. The molecule has 2 amide bonds. The van der Waals surface area contributed by atoms with Gasteiger partial charge in [-0.05, 0) is 48.6 Å². The predicted octanol–water partition coefficient (Wildman–Crippen LogP) is 2.23. The molecule has 0 saturated carbocycles. The van der Waals surface area contributed by atoms with Crippen molar-refractivity contribution in [3.05, 3.63) is 59.7 Å². The van der Waals surface area contributed by atoms with Gasteiger partial charge in [0.25, 0.3) is 11.8 Å². The van der Waals surface area contributed by atoms with E-state index >= 15 is 0 Å². The normalized spacial score (nSPS) is 12.9. The van der Waals surface area contributed by atoms with Gasteiger partial charge in [-0.25, -0.2) is 0 Å². The summed E-state index contributed by atoms with van der Waals surface area (Å²) in [5, 5.41) is 0. The van der Waals surface area contributed by atoms with E-state index in [0.717, 1.165) is 31.5 Å². The fourth-order valence-corrected chi connectivity index (χ4v) is 3.13. The molecule has 0 fully saturated rings. The van der Waals surface area contributed by atoms with E-state index in [2.05, 4.69) is 23.8 Å². The number of rotatable bonds is 6. The molecule has 2 N–H and O–H groups in total. The van der Waals surface area contributed by atoms with Crippen LogP contribution in [0.5, 0.6) is 5.75 Å². The number of para-hydroxylation sites is 1. The highest BCUT2D eigenvalue weighted by molar-refractivity contribution is 5.85. The van der Waals surface area contributed by atoms with Gasteiger partial charge in [0.05, 0.1) is 6.54 Å². The van der Waals surface area contributed by atoms with Gasteiger partial charge in [-0.3, -0.25) is 20.4 Å². The third-order valence-electron chi connectivity index (χ3n) is 4.58. The Balaban J connectivity index is 1.42. The van der Waals surface area contributed by atoms with E-state index in [9.17, 15) is 9.59 Å². The first kappa shape index (κ1) is 18.8. The molecule has 6 heteroatoms. The molecule has 0 aliphatic carbocycles. The highest BCUT2D eigenvalue weighted by atomic mass is 16.5. The summed E-state index contributed by atoms with van der Waals surface area (Å²) in [6.45, 7) is 2.96. The number of hydrazine groups is 1. The Morgan fingerprint density at radius 2 is 1.78 bits per heavy atom. The molecule has 0 unspecified atom stereocenters. The van der Waals surface area contributed by atoms with Gasteiger partial charge in [-0.2, -0.15) is 0 Å². The second-order valence-corrected chi connectivity index (χ2v) is 6.54. The molecule has 0 aromatic heterocycles. The molecule has 6 nitrogen and oxygen atoms in total. The van der Waals surface area contributed by atoms with Crippen LogP contribution in [0.1, 0.15) is 24.5 Å². The lowest BCUT2D eigenvalue weighted by Crippen LogP contribution is -2.48. The fourth-order valence-electron chi connectivity index (χ4n) is 3.13. The average Bonchev–Trinajstić information content (AvgIpc) is 2.71. The van der Waals surface area contributed by atoms with Gasteiger partial charge in [0, 0.05) is 12.2 Å². The summed E-state index contributed by atoms with van der Waals surface area (Å²) in [5.41, 5.74) is 8.40. The van der Waals surface area contributed by atoms with E-state index in [1.165, 1.54) is 11.1 Å². The number of carbonyl (C=O) groups is 2. The number of hydrogen-bond donors (Lipinski definition) is 2. The Morgan fingerprint density at radius 1 is 1.04 bits per heavy atom. The maximum absolute atomic E-state index is 12.2. The van der Waals surface area contributed by atoms with Gasteiger partial charge >= 0.3 is 0 Å². The maximum Gasteiger partial charge on any atom is 0.276 e. The minimum absolute atomic E-state index is 0.154. The predicted molar refractivity (Wildman–Crippen MR) is 105 cm³/mol. The number of hydrogen-bond acceptors (Lipinski definition) is 4. The van der Waals surface area contributed by atoms with Crippen molar-refractivity contribution < 1.29 is 14.3 Å². The molecule has 1 heterocycles. The summed E-state index contributed by atoms with van der Waals surface area (Å²) in [6.07, 6.45) is 3.00. The highest BCUT2D eigenvalue weighted by Crippen LogP contribution is 2.26. The summed E-state index contributed by atoms with van der Waals surface area (Å²) in [6, 6.07) is 15.7. The first-order valence-corrected chi connectivity index (χ1v) is 9.28. The summed E-state index contributed by atoms with van der Waals surface area (Å²) < 4.78 is 5.42. The molecule has 3 rings (SSSR count). The molecule has 27 heavy (non-hydrogen) atoms. The van der Waals surface area contributed by atoms with Crippen molar-refractivity contribution in [2.24, 2.45) is 0 Å².